The van der Waals surface area contributed by atoms with Crippen LogP contribution in [0.2, 0.25) is 0 Å². The lowest BCUT2D eigenvalue weighted by molar-refractivity contribution is -0.204. The maximum absolute atomic E-state index is 16.0. The summed E-state index contributed by atoms with van der Waals surface area (Å²) in [6, 6.07) is 7.31. The highest BCUT2D eigenvalue weighted by Crippen LogP contribution is 2.50. The molecule has 0 bridgehead atoms. The van der Waals surface area contributed by atoms with Gasteiger partial charge in [-0.15, -0.1) is 0 Å². The molecule has 0 aliphatic carbocycles. The Hall–Kier alpha value is -3.13. The molecule has 0 saturated carbocycles. The number of aromatic amines is 1. The molecule has 2 aromatic rings. The van der Waals surface area contributed by atoms with Gasteiger partial charge >= 0.3 is 19.4 Å². The van der Waals surface area contributed by atoms with Gasteiger partial charge in [-0.25, -0.2) is 13.8 Å². The first-order valence-electron chi connectivity index (χ1n) is 11.4. The van der Waals surface area contributed by atoms with Crippen molar-refractivity contribution in [2.45, 2.75) is 56.7 Å². The monoisotopic (exact) mass is 557 g/mol. The van der Waals surface area contributed by atoms with Crippen LogP contribution in [0.25, 0.3) is 0 Å². The van der Waals surface area contributed by atoms with Gasteiger partial charge in [-0.2, -0.15) is 5.09 Å². The molecule has 4 N–H and O–H groups in total. The Kier molecular flexibility index (Phi) is 8.76. The molecule has 38 heavy (non-hydrogen) atoms. The molecule has 13 nitrogen and oxygen atoms in total. The quantitative estimate of drug-likeness (QED) is 0.177. The van der Waals surface area contributed by atoms with Gasteiger partial charge in [0.2, 0.25) is 0 Å². The highest BCUT2D eigenvalue weighted by atomic mass is 31.2. The van der Waals surface area contributed by atoms with E-state index in [2.05, 4.69) is 11.7 Å². The lowest BCUT2D eigenvalue weighted by atomic mass is 9.93. The summed E-state index contributed by atoms with van der Waals surface area (Å²) >= 11 is 0. The molecule has 15 heteroatoms. The second-order valence-electron chi connectivity index (χ2n) is 8.78. The summed E-state index contributed by atoms with van der Waals surface area (Å²) in [6.45, 7) is 6.60. The number of aliphatic hydroxyl groups excluding tert-OH is 1. The minimum atomic E-state index is -4.58. The molecule has 0 radical (unpaired) electrons. The molecular formula is C23H29FN3O10P. The van der Waals surface area contributed by atoms with Gasteiger partial charge in [0.1, 0.15) is 18.4 Å². The van der Waals surface area contributed by atoms with Crippen LogP contribution in [-0.4, -0.2) is 62.0 Å². The van der Waals surface area contributed by atoms with Crippen LogP contribution in [-0.2, 0) is 23.4 Å². The molecule has 1 fully saturated rings. The molecule has 1 aromatic heterocycles. The van der Waals surface area contributed by atoms with E-state index in [1.54, 1.807) is 32.0 Å². The Morgan fingerprint density at radius 1 is 1.32 bits per heavy atom. The molecular weight excluding hydrogens is 528 g/mol. The zero-order chi connectivity index (χ0) is 28.3. The average Bonchev–Trinajstić information content (AvgIpc) is 3.05. The zero-order valence-electron chi connectivity index (χ0n) is 20.8. The van der Waals surface area contributed by atoms with E-state index >= 15 is 4.39 Å². The van der Waals surface area contributed by atoms with E-state index in [-0.39, 0.29) is 5.75 Å². The first kappa shape index (κ1) is 29.4. The van der Waals surface area contributed by atoms with Crippen molar-refractivity contribution >= 4 is 13.7 Å². The number of alkyl halides is 1. The minimum Gasteiger partial charge on any atom is -0.462 e. The summed E-state index contributed by atoms with van der Waals surface area (Å²) < 4.78 is 51.2. The van der Waals surface area contributed by atoms with Crippen molar-refractivity contribution in [3.63, 3.8) is 0 Å². The van der Waals surface area contributed by atoms with Crippen LogP contribution in [0.1, 0.15) is 27.0 Å². The van der Waals surface area contributed by atoms with E-state index in [1.165, 1.54) is 19.1 Å². The normalized spacial score (nSPS) is 27.4. The fourth-order valence-corrected chi connectivity index (χ4v) is 5.05. The topological polar surface area (TPSA) is 178 Å². The summed E-state index contributed by atoms with van der Waals surface area (Å²) in [7, 11) is -4.58. The summed E-state index contributed by atoms with van der Waals surface area (Å²) in [6.07, 6.45) is -3.13. The third-order valence-electron chi connectivity index (χ3n) is 5.44. The lowest BCUT2D eigenvalue weighted by Crippen LogP contribution is -2.50. The third-order valence-corrected chi connectivity index (χ3v) is 7.06. The van der Waals surface area contributed by atoms with Crippen molar-refractivity contribution < 1.29 is 42.5 Å². The second kappa shape index (κ2) is 11.3. The zero-order valence-corrected chi connectivity index (χ0v) is 21.7. The van der Waals surface area contributed by atoms with Crippen molar-refractivity contribution in [3.05, 3.63) is 76.1 Å². The number of para-hydroxylation sites is 1. The number of nitrogens with zero attached hydrogens (tertiary/aromatic N) is 1. The minimum absolute atomic E-state index is 0.0359. The Balaban J connectivity index is 1.90. The standard InChI is InChI=1S/C23H29FN3O10P/c1-5-22(32)19(30)23(24,36-20(22)27-12-11-17(28)25-21(27)31)13-34-38(33,37-16-9-7-6-8-10-16)26-15(4)18(29)35-14(2)3/h5-12,14-15,19-20,30,32H,1,13H2,2-4H3,(H,26,33)(H,25,28,31)/t15-,19-,20+,22+,23+,38?/m0/s1. The summed E-state index contributed by atoms with van der Waals surface area (Å²) in [5.74, 6) is -4.04. The van der Waals surface area contributed by atoms with Crippen LogP contribution in [0.5, 0.6) is 5.75 Å². The maximum atomic E-state index is 16.0. The largest absolute Gasteiger partial charge is 0.462 e. The van der Waals surface area contributed by atoms with Gasteiger partial charge < -0.3 is 24.2 Å². The Labute approximate surface area is 216 Å². The van der Waals surface area contributed by atoms with E-state index in [4.69, 9.17) is 18.5 Å². The van der Waals surface area contributed by atoms with Crippen molar-refractivity contribution in [2.75, 3.05) is 6.61 Å². The van der Waals surface area contributed by atoms with E-state index in [0.29, 0.717) is 4.57 Å². The molecule has 1 saturated heterocycles. The molecule has 3 rings (SSSR count). The first-order chi connectivity index (χ1) is 17.7. The summed E-state index contributed by atoms with van der Waals surface area (Å²) in [5.41, 5.74) is -4.43. The molecule has 6 atom stereocenters. The number of rotatable bonds is 11. The van der Waals surface area contributed by atoms with Crippen LogP contribution < -0.4 is 20.9 Å². The predicted molar refractivity (Wildman–Crippen MR) is 131 cm³/mol. The highest BCUT2D eigenvalue weighted by molar-refractivity contribution is 7.52. The number of benzene rings is 1. The maximum Gasteiger partial charge on any atom is 0.459 e. The molecule has 1 aliphatic rings. The van der Waals surface area contributed by atoms with Crippen LogP contribution >= 0.6 is 7.75 Å². The number of H-pyrrole nitrogens is 1. The molecule has 2 heterocycles. The van der Waals surface area contributed by atoms with Crippen LogP contribution in [0, 0.1) is 0 Å². The Bertz CT molecular complexity index is 1320. The van der Waals surface area contributed by atoms with Gasteiger partial charge in [0, 0.05) is 12.3 Å². The van der Waals surface area contributed by atoms with Gasteiger partial charge in [0.05, 0.1) is 6.10 Å². The smallest absolute Gasteiger partial charge is 0.459 e. The van der Waals surface area contributed by atoms with Crippen LogP contribution in [0.15, 0.2) is 64.8 Å². The van der Waals surface area contributed by atoms with E-state index in [9.17, 15) is 29.2 Å². The summed E-state index contributed by atoms with van der Waals surface area (Å²) in [4.78, 5) is 37.9. The molecule has 208 valence electrons. The number of nitrogens with one attached hydrogen (secondary N) is 2. The van der Waals surface area contributed by atoms with Crippen LogP contribution in [0.3, 0.4) is 0 Å². The van der Waals surface area contributed by atoms with Crippen LogP contribution in [0.4, 0.5) is 4.39 Å². The number of halogens is 1. The number of carbonyl (C=O) groups is 1. The molecule has 1 unspecified atom stereocenters. The number of hydrogen-bond acceptors (Lipinski definition) is 10. The number of esters is 1. The molecule has 1 aromatic carbocycles. The number of ether oxygens (including phenoxy) is 2. The average molecular weight is 557 g/mol. The predicted octanol–water partition coefficient (Wildman–Crippen LogP) is 1.14. The van der Waals surface area contributed by atoms with Crippen molar-refractivity contribution in [1.82, 2.24) is 14.6 Å². The van der Waals surface area contributed by atoms with Crippen molar-refractivity contribution in [2.24, 2.45) is 0 Å². The second-order valence-corrected chi connectivity index (χ2v) is 10.5. The van der Waals surface area contributed by atoms with Gasteiger partial charge in [0.25, 0.3) is 11.4 Å². The first-order valence-corrected chi connectivity index (χ1v) is 13.0. The van der Waals surface area contributed by atoms with E-state index in [1.807, 2.05) is 4.98 Å². The van der Waals surface area contributed by atoms with E-state index in [0.717, 1.165) is 18.3 Å². The molecule has 1 aliphatic heterocycles. The number of hydrogen-bond donors (Lipinski definition) is 4. The SMILES string of the molecule is C=C[C@]1(O)[C@H](n2ccc(=O)[nH]c2=O)O[C@](F)(COP(=O)(N[C@@H](C)C(=O)OC(C)C)Oc2ccccc2)[C@H]1O. The van der Waals surface area contributed by atoms with Crippen molar-refractivity contribution in [1.29, 1.82) is 0 Å². The molecule has 0 amide bonds. The molecule has 0 spiro atoms. The Morgan fingerprint density at radius 3 is 2.55 bits per heavy atom. The van der Waals surface area contributed by atoms with E-state index < -0.39 is 67.5 Å². The van der Waals surface area contributed by atoms with Gasteiger partial charge in [0.15, 0.2) is 17.9 Å². The fourth-order valence-electron chi connectivity index (χ4n) is 3.55. The summed E-state index contributed by atoms with van der Waals surface area (Å²) in [5, 5.41) is 24.0. The lowest BCUT2D eigenvalue weighted by Gasteiger charge is -2.29. The van der Waals surface area contributed by atoms with Gasteiger partial charge in [-0.3, -0.25) is 23.7 Å². The van der Waals surface area contributed by atoms with Crippen molar-refractivity contribution in [3.8, 4) is 5.75 Å². The third kappa shape index (κ3) is 6.29. The number of aliphatic hydroxyl groups is 2. The highest BCUT2D eigenvalue weighted by Gasteiger charge is 2.64. The number of aromatic nitrogens is 2. The Morgan fingerprint density at radius 2 is 1.97 bits per heavy atom. The van der Waals surface area contributed by atoms with Gasteiger partial charge in [-0.1, -0.05) is 30.9 Å². The fraction of sp³-hybridized carbons (Fsp3) is 0.435. The number of carbonyl (C=O) groups excluding carboxylic acids is 1. The van der Waals surface area contributed by atoms with Gasteiger partial charge in [-0.05, 0) is 32.9 Å².